The highest BCUT2D eigenvalue weighted by molar-refractivity contribution is 5.96. The number of aryl methyl sites for hydroxylation is 1. The number of rotatable bonds is 6. The lowest BCUT2D eigenvalue weighted by molar-refractivity contribution is 0.0945. The van der Waals surface area contributed by atoms with Crippen LogP contribution in [0.5, 0.6) is 11.5 Å². The van der Waals surface area contributed by atoms with Crippen molar-refractivity contribution in [2.45, 2.75) is 39.7 Å². The molecule has 0 aliphatic carbocycles. The predicted molar refractivity (Wildman–Crippen MR) is 116 cm³/mol. The van der Waals surface area contributed by atoms with Crippen molar-refractivity contribution in [1.82, 2.24) is 15.1 Å². The van der Waals surface area contributed by atoms with Crippen molar-refractivity contribution in [3.8, 4) is 17.2 Å². The minimum atomic E-state index is -0.218. The molecule has 0 radical (unpaired) electrons. The summed E-state index contributed by atoms with van der Waals surface area (Å²) < 4.78 is 13.7. The van der Waals surface area contributed by atoms with Crippen molar-refractivity contribution in [2.75, 3.05) is 13.2 Å². The molecule has 0 fully saturated rings. The average Bonchev–Trinajstić information content (AvgIpc) is 3.20. The fourth-order valence-corrected chi connectivity index (χ4v) is 3.91. The molecule has 0 atom stereocenters. The third kappa shape index (κ3) is 3.90. The first kappa shape index (κ1) is 20.0. The van der Waals surface area contributed by atoms with Gasteiger partial charge in [0, 0.05) is 12.0 Å². The Morgan fingerprint density at radius 3 is 2.70 bits per heavy atom. The van der Waals surface area contributed by atoms with Crippen LogP contribution in [0.2, 0.25) is 0 Å². The van der Waals surface area contributed by atoms with E-state index in [0.29, 0.717) is 24.4 Å². The van der Waals surface area contributed by atoms with E-state index < -0.39 is 0 Å². The lowest BCUT2D eigenvalue weighted by atomic mass is 10.0. The summed E-state index contributed by atoms with van der Waals surface area (Å²) in [4.78, 5) is 12.8. The maximum Gasteiger partial charge on any atom is 0.255 e. The van der Waals surface area contributed by atoms with Gasteiger partial charge in [-0.15, -0.1) is 0 Å². The van der Waals surface area contributed by atoms with Crippen LogP contribution in [0.25, 0.3) is 5.69 Å². The number of nitrogens with zero attached hydrogens (tertiary/aromatic N) is 2. The minimum absolute atomic E-state index is 0.147. The summed E-state index contributed by atoms with van der Waals surface area (Å²) in [5.74, 6) is 1.38. The van der Waals surface area contributed by atoms with E-state index in [-0.39, 0.29) is 11.5 Å². The Kier molecular flexibility index (Phi) is 5.24. The monoisotopic (exact) mass is 405 g/mol. The topological polar surface area (TPSA) is 65.4 Å². The molecule has 6 heteroatoms. The molecule has 1 amide bonds. The minimum Gasteiger partial charge on any atom is -0.488 e. The molecule has 3 aromatic rings. The van der Waals surface area contributed by atoms with Crippen LogP contribution in [0, 0.1) is 13.8 Å². The first-order valence-electron chi connectivity index (χ1n) is 10.2. The van der Waals surface area contributed by atoms with Crippen LogP contribution in [0.15, 0.2) is 48.5 Å². The fraction of sp³-hybridized carbons (Fsp3) is 0.333. The zero-order valence-corrected chi connectivity index (χ0v) is 17.9. The van der Waals surface area contributed by atoms with E-state index in [1.165, 1.54) is 0 Å². The summed E-state index contributed by atoms with van der Waals surface area (Å²) in [5, 5.41) is 7.48. The maximum atomic E-state index is 12.8. The Bertz CT molecular complexity index is 1070. The molecular weight excluding hydrogens is 378 g/mol. The van der Waals surface area contributed by atoms with Gasteiger partial charge in [-0.1, -0.05) is 30.3 Å². The molecule has 0 unspecified atom stereocenters. The van der Waals surface area contributed by atoms with Gasteiger partial charge in [-0.2, -0.15) is 5.10 Å². The van der Waals surface area contributed by atoms with E-state index >= 15 is 0 Å². The molecule has 6 nitrogen and oxygen atoms in total. The van der Waals surface area contributed by atoms with Gasteiger partial charge >= 0.3 is 0 Å². The number of hydrogen-bond donors (Lipinski definition) is 1. The van der Waals surface area contributed by atoms with Gasteiger partial charge in [-0.25, -0.2) is 4.68 Å². The van der Waals surface area contributed by atoms with Crippen molar-refractivity contribution in [3.05, 3.63) is 71.0 Å². The van der Waals surface area contributed by atoms with Crippen molar-refractivity contribution < 1.29 is 14.3 Å². The van der Waals surface area contributed by atoms with E-state index in [0.717, 1.165) is 34.9 Å². The second kappa shape index (κ2) is 7.86. The fourth-order valence-electron chi connectivity index (χ4n) is 3.91. The molecule has 0 saturated carbocycles. The summed E-state index contributed by atoms with van der Waals surface area (Å²) in [5.41, 5.74) is 3.98. The van der Waals surface area contributed by atoms with Crippen LogP contribution in [0.3, 0.4) is 0 Å². The normalized spacial score (nSPS) is 14.1. The van der Waals surface area contributed by atoms with Crippen LogP contribution in [0.1, 0.15) is 41.2 Å². The Labute approximate surface area is 176 Å². The molecule has 1 aliphatic heterocycles. The molecule has 4 rings (SSSR count). The Morgan fingerprint density at radius 2 is 1.93 bits per heavy atom. The number of fused-ring (bicyclic) bond motifs is 1. The summed E-state index contributed by atoms with van der Waals surface area (Å²) in [6.45, 7) is 8.64. The second-order valence-corrected chi connectivity index (χ2v) is 8.18. The number of benzene rings is 2. The van der Waals surface area contributed by atoms with Gasteiger partial charge in [-0.05, 0) is 45.9 Å². The SMILES string of the molecule is Cc1nn(-c2ccccc2)c(C)c1C(=O)NCCOc1cccc2c1OC(C)(C)C2. The summed E-state index contributed by atoms with van der Waals surface area (Å²) in [7, 11) is 0. The second-order valence-electron chi connectivity index (χ2n) is 8.18. The van der Waals surface area contributed by atoms with Gasteiger partial charge < -0.3 is 14.8 Å². The van der Waals surface area contributed by atoms with Crippen LogP contribution >= 0.6 is 0 Å². The van der Waals surface area contributed by atoms with E-state index in [2.05, 4.69) is 30.3 Å². The highest BCUT2D eigenvalue weighted by Crippen LogP contribution is 2.41. The van der Waals surface area contributed by atoms with Crippen molar-refractivity contribution in [1.29, 1.82) is 0 Å². The number of carbonyl (C=O) groups is 1. The van der Waals surface area contributed by atoms with E-state index in [4.69, 9.17) is 9.47 Å². The first-order valence-corrected chi connectivity index (χ1v) is 10.2. The highest BCUT2D eigenvalue weighted by Gasteiger charge is 2.32. The largest absolute Gasteiger partial charge is 0.488 e. The number of carbonyl (C=O) groups excluding carboxylic acids is 1. The number of hydrogen-bond acceptors (Lipinski definition) is 4. The molecule has 2 aromatic carbocycles. The standard InChI is InChI=1S/C24H27N3O3/c1-16-21(17(2)27(26-16)19-10-6-5-7-11-19)23(28)25-13-14-29-20-12-8-9-18-15-24(3,4)30-22(18)20/h5-12H,13-15H2,1-4H3,(H,25,28). The van der Waals surface area contributed by atoms with Crippen LogP contribution in [0.4, 0.5) is 0 Å². The highest BCUT2D eigenvalue weighted by atomic mass is 16.5. The van der Waals surface area contributed by atoms with Gasteiger partial charge in [0.1, 0.15) is 12.2 Å². The number of amides is 1. The van der Waals surface area contributed by atoms with Crippen LogP contribution in [-0.4, -0.2) is 34.4 Å². The van der Waals surface area contributed by atoms with Gasteiger partial charge in [0.05, 0.1) is 29.2 Å². The Morgan fingerprint density at radius 1 is 1.17 bits per heavy atom. The van der Waals surface area contributed by atoms with Crippen molar-refractivity contribution >= 4 is 5.91 Å². The Balaban J connectivity index is 1.38. The molecule has 1 aromatic heterocycles. The van der Waals surface area contributed by atoms with Crippen molar-refractivity contribution in [2.24, 2.45) is 0 Å². The van der Waals surface area contributed by atoms with Crippen LogP contribution in [-0.2, 0) is 6.42 Å². The molecule has 0 saturated heterocycles. The van der Waals surface area contributed by atoms with E-state index in [1.807, 2.05) is 56.3 Å². The quantitative estimate of drug-likeness (QED) is 0.630. The zero-order valence-electron chi connectivity index (χ0n) is 17.9. The summed E-state index contributed by atoms with van der Waals surface area (Å²) in [6, 6.07) is 15.7. The molecule has 2 heterocycles. The molecule has 1 aliphatic rings. The number of nitrogens with one attached hydrogen (secondary N) is 1. The smallest absolute Gasteiger partial charge is 0.255 e. The summed E-state index contributed by atoms with van der Waals surface area (Å²) >= 11 is 0. The van der Waals surface area contributed by atoms with Gasteiger partial charge in [0.25, 0.3) is 5.91 Å². The van der Waals surface area contributed by atoms with Gasteiger partial charge in [-0.3, -0.25) is 4.79 Å². The number of ether oxygens (including phenoxy) is 2. The first-order chi connectivity index (χ1) is 14.4. The van der Waals surface area contributed by atoms with Gasteiger partial charge in [0.15, 0.2) is 11.5 Å². The Hall–Kier alpha value is -3.28. The lowest BCUT2D eigenvalue weighted by Crippen LogP contribution is -2.29. The third-order valence-electron chi connectivity index (χ3n) is 5.22. The molecular formula is C24H27N3O3. The number of para-hydroxylation sites is 2. The molecule has 0 spiro atoms. The van der Waals surface area contributed by atoms with Crippen molar-refractivity contribution in [3.63, 3.8) is 0 Å². The van der Waals surface area contributed by atoms with E-state index in [9.17, 15) is 4.79 Å². The molecule has 156 valence electrons. The summed E-state index contributed by atoms with van der Waals surface area (Å²) in [6.07, 6.45) is 0.861. The number of aromatic nitrogens is 2. The lowest BCUT2D eigenvalue weighted by Gasteiger charge is -2.18. The van der Waals surface area contributed by atoms with Crippen LogP contribution < -0.4 is 14.8 Å². The predicted octanol–water partition coefficient (Wildman–Crippen LogP) is 4.01. The van der Waals surface area contributed by atoms with Gasteiger partial charge in [0.2, 0.25) is 0 Å². The maximum absolute atomic E-state index is 12.8. The zero-order chi connectivity index (χ0) is 21.3. The molecule has 1 N–H and O–H groups in total. The third-order valence-corrected chi connectivity index (χ3v) is 5.22. The van der Waals surface area contributed by atoms with E-state index in [1.54, 1.807) is 4.68 Å². The average molecular weight is 405 g/mol. The molecule has 0 bridgehead atoms. The molecule has 30 heavy (non-hydrogen) atoms.